The predicted molar refractivity (Wildman–Crippen MR) is 53.1 cm³/mol. The summed E-state index contributed by atoms with van der Waals surface area (Å²) >= 11 is 5.58. The molecule has 1 aliphatic carbocycles. The molecule has 0 N–H and O–H groups in total. The molecule has 74 valence electrons. The zero-order chi connectivity index (χ0) is 10.1. The average molecular weight is 213 g/mol. The van der Waals surface area contributed by atoms with Gasteiger partial charge < -0.3 is 0 Å². The van der Waals surface area contributed by atoms with E-state index in [0.717, 1.165) is 12.8 Å². The van der Waals surface area contributed by atoms with Gasteiger partial charge in [-0.2, -0.15) is 0 Å². The number of carbonyl (C=O) groups is 1. The summed E-state index contributed by atoms with van der Waals surface area (Å²) in [6, 6.07) is 4.54. The molecule has 1 aromatic carbocycles. The smallest absolute Gasteiger partial charge is 0.166 e. The summed E-state index contributed by atoms with van der Waals surface area (Å²) in [5, 5.41) is 0.0200. The SMILES string of the molecule is O=C(CC1CC1)c1cccc(Cl)c1F. The number of carbonyl (C=O) groups excluding carboxylic acids is 1. The second kappa shape index (κ2) is 3.70. The molecule has 1 fully saturated rings. The Balaban J connectivity index is 2.21. The van der Waals surface area contributed by atoms with Crippen molar-refractivity contribution in [1.29, 1.82) is 0 Å². The quantitative estimate of drug-likeness (QED) is 0.702. The third kappa shape index (κ3) is 1.95. The summed E-state index contributed by atoms with van der Waals surface area (Å²) in [7, 11) is 0. The predicted octanol–water partition coefficient (Wildman–Crippen LogP) is 3.46. The average Bonchev–Trinajstić information content (AvgIpc) is 2.93. The summed E-state index contributed by atoms with van der Waals surface area (Å²) in [6.07, 6.45) is 2.64. The first-order valence-corrected chi connectivity index (χ1v) is 5.03. The lowest BCUT2D eigenvalue weighted by Crippen LogP contribution is -2.03. The van der Waals surface area contributed by atoms with Crippen molar-refractivity contribution in [3.8, 4) is 0 Å². The lowest BCUT2D eigenvalue weighted by atomic mass is 10.1. The largest absolute Gasteiger partial charge is 0.294 e. The molecule has 14 heavy (non-hydrogen) atoms. The van der Waals surface area contributed by atoms with Gasteiger partial charge in [0, 0.05) is 6.42 Å². The first kappa shape index (κ1) is 9.66. The van der Waals surface area contributed by atoms with E-state index in [2.05, 4.69) is 0 Å². The van der Waals surface area contributed by atoms with Crippen molar-refractivity contribution >= 4 is 17.4 Å². The maximum absolute atomic E-state index is 13.4. The first-order chi connectivity index (χ1) is 6.68. The third-order valence-corrected chi connectivity index (χ3v) is 2.71. The minimum absolute atomic E-state index is 0.0200. The lowest BCUT2D eigenvalue weighted by molar-refractivity contribution is 0.0972. The lowest BCUT2D eigenvalue weighted by Gasteiger charge is -2.02. The van der Waals surface area contributed by atoms with Gasteiger partial charge in [-0.05, 0) is 30.9 Å². The van der Waals surface area contributed by atoms with Crippen molar-refractivity contribution in [2.24, 2.45) is 5.92 Å². The van der Waals surface area contributed by atoms with Gasteiger partial charge in [0.1, 0.15) is 0 Å². The highest BCUT2D eigenvalue weighted by Crippen LogP contribution is 2.34. The molecule has 0 aliphatic heterocycles. The second-order valence-corrected chi connectivity index (χ2v) is 4.08. The van der Waals surface area contributed by atoms with Crippen LogP contribution in [0.3, 0.4) is 0 Å². The highest BCUT2D eigenvalue weighted by molar-refractivity contribution is 6.31. The molecule has 0 spiro atoms. The molecule has 0 aromatic heterocycles. The fourth-order valence-electron chi connectivity index (χ4n) is 1.41. The van der Waals surface area contributed by atoms with Gasteiger partial charge in [-0.15, -0.1) is 0 Å². The normalized spacial score (nSPS) is 15.6. The molecule has 0 atom stereocenters. The Morgan fingerprint density at radius 1 is 1.50 bits per heavy atom. The van der Waals surface area contributed by atoms with E-state index in [1.165, 1.54) is 12.1 Å². The molecule has 2 rings (SSSR count). The Morgan fingerprint density at radius 2 is 2.21 bits per heavy atom. The Labute approximate surface area is 86.9 Å². The van der Waals surface area contributed by atoms with E-state index in [-0.39, 0.29) is 16.4 Å². The molecule has 1 nitrogen and oxygen atoms in total. The summed E-state index contributed by atoms with van der Waals surface area (Å²) in [6.45, 7) is 0. The van der Waals surface area contributed by atoms with Gasteiger partial charge in [-0.25, -0.2) is 4.39 Å². The van der Waals surface area contributed by atoms with Gasteiger partial charge in [0.25, 0.3) is 0 Å². The van der Waals surface area contributed by atoms with Crippen molar-refractivity contribution in [3.63, 3.8) is 0 Å². The van der Waals surface area contributed by atoms with E-state index in [1.807, 2.05) is 0 Å². The van der Waals surface area contributed by atoms with E-state index >= 15 is 0 Å². The van der Waals surface area contributed by atoms with Crippen LogP contribution >= 0.6 is 11.6 Å². The van der Waals surface area contributed by atoms with Crippen LogP contribution in [0.1, 0.15) is 29.6 Å². The van der Waals surface area contributed by atoms with Gasteiger partial charge in [-0.3, -0.25) is 4.79 Å². The summed E-state index contributed by atoms with van der Waals surface area (Å²) < 4.78 is 13.4. The number of Topliss-reactive ketones (excluding diaryl/α,β-unsaturated/α-hetero) is 1. The van der Waals surface area contributed by atoms with Gasteiger partial charge in [-0.1, -0.05) is 17.7 Å². The van der Waals surface area contributed by atoms with E-state index in [1.54, 1.807) is 6.07 Å². The summed E-state index contributed by atoms with van der Waals surface area (Å²) in [5.74, 6) is -0.242. The number of halogens is 2. The van der Waals surface area contributed by atoms with Crippen molar-refractivity contribution in [2.75, 3.05) is 0 Å². The van der Waals surface area contributed by atoms with E-state index in [0.29, 0.717) is 12.3 Å². The van der Waals surface area contributed by atoms with Crippen LogP contribution in [0.2, 0.25) is 5.02 Å². The number of ketones is 1. The molecule has 1 aromatic rings. The molecule has 0 heterocycles. The Hall–Kier alpha value is -0.890. The molecule has 0 amide bonds. The fourth-order valence-corrected chi connectivity index (χ4v) is 1.59. The van der Waals surface area contributed by atoms with Gasteiger partial charge in [0.2, 0.25) is 0 Å². The number of hydrogen-bond acceptors (Lipinski definition) is 1. The van der Waals surface area contributed by atoms with Crippen molar-refractivity contribution in [1.82, 2.24) is 0 Å². The molecule has 0 bridgehead atoms. The van der Waals surface area contributed by atoms with Crippen molar-refractivity contribution < 1.29 is 9.18 Å². The fraction of sp³-hybridized carbons (Fsp3) is 0.364. The van der Waals surface area contributed by atoms with Crippen LogP contribution < -0.4 is 0 Å². The number of rotatable bonds is 3. The zero-order valence-corrected chi connectivity index (χ0v) is 8.35. The maximum atomic E-state index is 13.4. The highest BCUT2D eigenvalue weighted by atomic mass is 35.5. The van der Waals surface area contributed by atoms with Gasteiger partial charge in [0.15, 0.2) is 11.6 Å². The molecule has 0 saturated heterocycles. The monoisotopic (exact) mass is 212 g/mol. The van der Waals surface area contributed by atoms with Crippen LogP contribution in [-0.4, -0.2) is 5.78 Å². The first-order valence-electron chi connectivity index (χ1n) is 4.65. The second-order valence-electron chi connectivity index (χ2n) is 3.67. The molecular weight excluding hydrogens is 203 g/mol. The van der Waals surface area contributed by atoms with Gasteiger partial charge >= 0.3 is 0 Å². The van der Waals surface area contributed by atoms with E-state index < -0.39 is 5.82 Å². The Morgan fingerprint density at radius 3 is 2.86 bits per heavy atom. The van der Waals surface area contributed by atoms with E-state index in [4.69, 9.17) is 11.6 Å². The number of hydrogen-bond donors (Lipinski definition) is 0. The van der Waals surface area contributed by atoms with Crippen LogP contribution in [0.5, 0.6) is 0 Å². The van der Waals surface area contributed by atoms with E-state index in [9.17, 15) is 9.18 Å². The minimum Gasteiger partial charge on any atom is -0.294 e. The maximum Gasteiger partial charge on any atom is 0.166 e. The molecular formula is C11H10ClFO. The summed E-state index contributed by atoms with van der Waals surface area (Å²) in [4.78, 5) is 11.6. The van der Waals surface area contributed by atoms with Crippen LogP contribution in [-0.2, 0) is 0 Å². The van der Waals surface area contributed by atoms with Crippen molar-refractivity contribution in [2.45, 2.75) is 19.3 Å². The Kier molecular flexibility index (Phi) is 2.55. The van der Waals surface area contributed by atoms with Crippen molar-refractivity contribution in [3.05, 3.63) is 34.6 Å². The standard InChI is InChI=1S/C11H10ClFO/c12-9-3-1-2-8(11(9)13)10(14)6-7-4-5-7/h1-3,7H,4-6H2. The third-order valence-electron chi connectivity index (χ3n) is 2.42. The minimum atomic E-state index is -0.584. The molecule has 0 radical (unpaired) electrons. The highest BCUT2D eigenvalue weighted by Gasteiger charge is 2.26. The number of benzene rings is 1. The van der Waals surface area contributed by atoms with Crippen LogP contribution in [0.25, 0.3) is 0 Å². The van der Waals surface area contributed by atoms with Crippen LogP contribution in [0.15, 0.2) is 18.2 Å². The van der Waals surface area contributed by atoms with Gasteiger partial charge in [0.05, 0.1) is 10.6 Å². The molecule has 1 saturated carbocycles. The zero-order valence-electron chi connectivity index (χ0n) is 7.59. The molecule has 0 unspecified atom stereocenters. The van der Waals surface area contributed by atoms with Crippen LogP contribution in [0, 0.1) is 11.7 Å². The Bertz CT molecular complexity index is 372. The molecule has 1 aliphatic rings. The summed E-state index contributed by atoms with van der Waals surface area (Å²) in [5.41, 5.74) is 0.129. The molecule has 3 heteroatoms. The topological polar surface area (TPSA) is 17.1 Å². The van der Waals surface area contributed by atoms with Crippen LogP contribution in [0.4, 0.5) is 4.39 Å².